The minimum Gasteiger partial charge on any atom is -0.377 e. The number of hydrogen-bond acceptors (Lipinski definition) is 4. The van der Waals surface area contributed by atoms with Gasteiger partial charge in [0.2, 0.25) is 5.91 Å². The van der Waals surface area contributed by atoms with E-state index in [1.54, 1.807) is 6.92 Å². The molecule has 0 aromatic heterocycles. The first kappa shape index (κ1) is 12.4. The van der Waals surface area contributed by atoms with Crippen LogP contribution in [0.2, 0.25) is 0 Å². The molecule has 0 heterocycles. The Balaban J connectivity index is 2.53. The number of nitrogens with one attached hydrogen (secondary N) is 1. The zero-order valence-electron chi connectivity index (χ0n) is 8.88. The highest BCUT2D eigenvalue weighted by Gasteiger charge is 2.15. The van der Waals surface area contributed by atoms with Crippen LogP contribution in [0.25, 0.3) is 0 Å². The maximum Gasteiger partial charge on any atom is 0.237 e. The van der Waals surface area contributed by atoms with E-state index in [0.717, 1.165) is 17.4 Å². The molecular formula is C10H14N4OS. The summed E-state index contributed by atoms with van der Waals surface area (Å²) in [6, 6.07) is 9.21. The topological polar surface area (TPSA) is 93.5 Å². The molecule has 16 heavy (non-hydrogen) atoms. The highest BCUT2D eigenvalue weighted by Crippen LogP contribution is 2.13. The van der Waals surface area contributed by atoms with Gasteiger partial charge in [0.05, 0.1) is 5.25 Å². The minimum absolute atomic E-state index is 0.136. The van der Waals surface area contributed by atoms with E-state index in [9.17, 15) is 4.79 Å². The Morgan fingerprint density at radius 3 is 2.62 bits per heavy atom. The Morgan fingerprint density at radius 2 is 2.06 bits per heavy atom. The van der Waals surface area contributed by atoms with Gasteiger partial charge in [-0.05, 0) is 19.1 Å². The zero-order valence-corrected chi connectivity index (χ0v) is 9.70. The highest BCUT2D eigenvalue weighted by atomic mass is 32.2. The van der Waals surface area contributed by atoms with E-state index in [-0.39, 0.29) is 16.3 Å². The number of carbonyl (C=O) groups is 1. The predicted octanol–water partition coefficient (Wildman–Crippen LogP) is 0.935. The van der Waals surface area contributed by atoms with Crippen LogP contribution in [0, 0.1) is 0 Å². The lowest BCUT2D eigenvalue weighted by Crippen LogP contribution is -2.25. The van der Waals surface area contributed by atoms with Gasteiger partial charge in [-0.3, -0.25) is 4.79 Å². The first-order valence-electron chi connectivity index (χ1n) is 4.69. The van der Waals surface area contributed by atoms with Crippen LogP contribution in [0.3, 0.4) is 0 Å². The summed E-state index contributed by atoms with van der Waals surface area (Å²) >= 11 is 1.12. The van der Waals surface area contributed by atoms with Crippen LogP contribution in [0.1, 0.15) is 6.92 Å². The number of rotatable bonds is 3. The summed E-state index contributed by atoms with van der Waals surface area (Å²) < 4.78 is 0. The van der Waals surface area contributed by atoms with Gasteiger partial charge >= 0.3 is 0 Å². The van der Waals surface area contributed by atoms with E-state index in [1.807, 2.05) is 30.3 Å². The van der Waals surface area contributed by atoms with E-state index in [1.165, 1.54) is 0 Å². The van der Waals surface area contributed by atoms with Crippen molar-refractivity contribution in [1.29, 1.82) is 0 Å². The summed E-state index contributed by atoms with van der Waals surface area (Å²) in [5, 5.41) is 5.91. The Morgan fingerprint density at radius 1 is 1.44 bits per heavy atom. The van der Waals surface area contributed by atoms with Gasteiger partial charge in [-0.2, -0.15) is 5.10 Å². The SMILES string of the molecule is CC(SC(N)=NN)C(=O)Nc1ccccc1. The fourth-order valence-corrected chi connectivity index (χ4v) is 1.62. The van der Waals surface area contributed by atoms with Gasteiger partial charge in [0.1, 0.15) is 0 Å². The number of nitrogens with zero attached hydrogens (tertiary/aromatic N) is 1. The lowest BCUT2D eigenvalue weighted by Gasteiger charge is -2.10. The van der Waals surface area contributed by atoms with Gasteiger partial charge in [0.25, 0.3) is 0 Å². The molecule has 1 rings (SSSR count). The predicted molar refractivity (Wildman–Crippen MR) is 67.9 cm³/mol. The smallest absolute Gasteiger partial charge is 0.237 e. The van der Waals surface area contributed by atoms with Crippen molar-refractivity contribution in [1.82, 2.24) is 0 Å². The molecule has 0 aliphatic rings. The molecule has 0 aliphatic carbocycles. The number of amides is 1. The van der Waals surface area contributed by atoms with Crippen molar-refractivity contribution in [3.05, 3.63) is 30.3 Å². The Kier molecular flexibility index (Phi) is 4.65. The number of para-hydroxylation sites is 1. The molecule has 0 fully saturated rings. The number of hydrogen-bond donors (Lipinski definition) is 3. The number of hydrazone groups is 1. The molecule has 6 heteroatoms. The molecule has 1 amide bonds. The van der Waals surface area contributed by atoms with Crippen LogP contribution < -0.4 is 16.9 Å². The number of carbonyl (C=O) groups excluding carboxylic acids is 1. The van der Waals surface area contributed by atoms with Crippen molar-refractivity contribution in [2.24, 2.45) is 16.7 Å². The number of nitrogens with two attached hydrogens (primary N) is 2. The molecule has 5 nitrogen and oxygen atoms in total. The van der Waals surface area contributed by atoms with Crippen molar-refractivity contribution in [3.8, 4) is 0 Å². The normalized spacial score (nSPS) is 13.2. The van der Waals surface area contributed by atoms with Gasteiger partial charge < -0.3 is 16.9 Å². The summed E-state index contributed by atoms with van der Waals surface area (Å²) in [7, 11) is 0. The molecule has 0 spiro atoms. The quantitative estimate of drug-likeness (QED) is 0.316. The Bertz CT molecular complexity index is 380. The molecule has 0 saturated carbocycles. The van der Waals surface area contributed by atoms with Gasteiger partial charge in [-0.1, -0.05) is 30.0 Å². The minimum atomic E-state index is -0.340. The fraction of sp³-hybridized carbons (Fsp3) is 0.200. The molecule has 1 atom stereocenters. The molecule has 0 aliphatic heterocycles. The average Bonchev–Trinajstić information content (AvgIpc) is 2.30. The van der Waals surface area contributed by atoms with Crippen LogP contribution in [-0.2, 0) is 4.79 Å². The van der Waals surface area contributed by atoms with Crippen molar-refractivity contribution in [2.45, 2.75) is 12.2 Å². The van der Waals surface area contributed by atoms with Gasteiger partial charge in [0.15, 0.2) is 5.17 Å². The molecule has 1 aromatic carbocycles. The van der Waals surface area contributed by atoms with Gasteiger partial charge in [0, 0.05) is 5.69 Å². The van der Waals surface area contributed by atoms with E-state index in [0.29, 0.717) is 0 Å². The summed E-state index contributed by atoms with van der Waals surface area (Å²) in [6.45, 7) is 1.74. The summed E-state index contributed by atoms with van der Waals surface area (Å²) in [6.07, 6.45) is 0. The molecule has 1 unspecified atom stereocenters. The number of thioether (sulfide) groups is 1. The van der Waals surface area contributed by atoms with E-state index < -0.39 is 0 Å². The molecule has 0 bridgehead atoms. The maximum absolute atomic E-state index is 11.7. The molecule has 5 N–H and O–H groups in total. The van der Waals surface area contributed by atoms with Crippen molar-refractivity contribution >= 4 is 28.5 Å². The second-order valence-corrected chi connectivity index (χ2v) is 4.44. The average molecular weight is 238 g/mol. The van der Waals surface area contributed by atoms with Crippen molar-refractivity contribution in [3.63, 3.8) is 0 Å². The first-order chi connectivity index (χ1) is 7.63. The maximum atomic E-state index is 11.7. The lowest BCUT2D eigenvalue weighted by molar-refractivity contribution is -0.115. The number of benzene rings is 1. The van der Waals surface area contributed by atoms with E-state index in [2.05, 4.69) is 10.4 Å². The third kappa shape index (κ3) is 3.82. The molecular weight excluding hydrogens is 224 g/mol. The largest absolute Gasteiger partial charge is 0.377 e. The number of anilines is 1. The first-order valence-corrected chi connectivity index (χ1v) is 5.57. The van der Waals surface area contributed by atoms with Crippen LogP contribution in [-0.4, -0.2) is 16.3 Å². The van der Waals surface area contributed by atoms with Crippen LogP contribution in [0.15, 0.2) is 35.4 Å². The van der Waals surface area contributed by atoms with E-state index >= 15 is 0 Å². The standard InChI is InChI=1S/C10H14N4OS/c1-7(16-10(11)14-12)9(15)13-8-5-3-2-4-6-8/h2-7H,12H2,1H3,(H2,11,14)(H,13,15). The second kappa shape index (κ2) is 6.02. The second-order valence-electron chi connectivity index (χ2n) is 3.08. The third-order valence-electron chi connectivity index (χ3n) is 1.84. The molecule has 0 radical (unpaired) electrons. The van der Waals surface area contributed by atoms with Gasteiger partial charge in [-0.15, -0.1) is 0 Å². The van der Waals surface area contributed by atoms with Crippen molar-refractivity contribution in [2.75, 3.05) is 5.32 Å². The number of amidine groups is 1. The lowest BCUT2D eigenvalue weighted by atomic mass is 10.3. The molecule has 0 saturated heterocycles. The third-order valence-corrected chi connectivity index (χ3v) is 2.75. The van der Waals surface area contributed by atoms with Crippen LogP contribution >= 0.6 is 11.8 Å². The fourth-order valence-electron chi connectivity index (χ4n) is 1.03. The molecule has 86 valence electrons. The Labute approximate surface area is 98.3 Å². The zero-order chi connectivity index (χ0) is 12.0. The van der Waals surface area contributed by atoms with Gasteiger partial charge in [-0.25, -0.2) is 0 Å². The summed E-state index contributed by atoms with van der Waals surface area (Å²) in [5.74, 6) is 4.85. The van der Waals surface area contributed by atoms with Crippen LogP contribution in [0.5, 0.6) is 0 Å². The molecule has 1 aromatic rings. The van der Waals surface area contributed by atoms with Crippen LogP contribution in [0.4, 0.5) is 5.69 Å². The monoisotopic (exact) mass is 238 g/mol. The van der Waals surface area contributed by atoms with Crippen molar-refractivity contribution < 1.29 is 4.79 Å². The van der Waals surface area contributed by atoms with E-state index in [4.69, 9.17) is 11.6 Å². The highest BCUT2D eigenvalue weighted by molar-refractivity contribution is 8.14. The summed E-state index contributed by atoms with van der Waals surface area (Å²) in [4.78, 5) is 11.7. The Hall–Kier alpha value is -1.69. The summed E-state index contributed by atoms with van der Waals surface area (Å²) in [5.41, 5.74) is 6.17.